The van der Waals surface area contributed by atoms with Crippen molar-refractivity contribution in [2.24, 2.45) is 0 Å². The van der Waals surface area contributed by atoms with E-state index in [4.69, 9.17) is 18.9 Å². The lowest BCUT2D eigenvalue weighted by atomic mass is 9.79. The van der Waals surface area contributed by atoms with Crippen molar-refractivity contribution in [1.29, 1.82) is 0 Å². The molecule has 3 aromatic heterocycles. The van der Waals surface area contributed by atoms with Gasteiger partial charge in [0.15, 0.2) is 0 Å². The van der Waals surface area contributed by atoms with E-state index in [1.165, 1.54) is 12.7 Å². The molecule has 0 amide bonds. The van der Waals surface area contributed by atoms with Crippen LogP contribution in [0.2, 0.25) is 0 Å². The van der Waals surface area contributed by atoms with Gasteiger partial charge in [0.2, 0.25) is 11.8 Å². The molecule has 3 heterocycles. The Morgan fingerprint density at radius 1 is 0.438 bits per heavy atom. The normalized spacial score (nSPS) is 12.4. The van der Waals surface area contributed by atoms with Gasteiger partial charge < -0.3 is 18.9 Å². The predicted octanol–water partition coefficient (Wildman–Crippen LogP) is 9.17. The monoisotopic (exact) mass is 629 g/mol. The number of hydrogen-bond acceptors (Lipinski definition) is 9. The molecule has 0 aliphatic heterocycles. The first-order valence-electron chi connectivity index (χ1n) is 15.3. The molecule has 4 aromatic carbocycles. The molecule has 0 bridgehead atoms. The molecule has 0 unspecified atom stereocenters. The zero-order valence-electron chi connectivity index (χ0n) is 25.7. The lowest BCUT2D eigenvalue weighted by Gasteiger charge is -2.26. The third kappa shape index (κ3) is 5.65. The van der Waals surface area contributed by atoms with Gasteiger partial charge in [-0.15, -0.1) is 0 Å². The fourth-order valence-electron chi connectivity index (χ4n) is 5.89. The highest BCUT2D eigenvalue weighted by molar-refractivity contribution is 5.83. The Kier molecular flexibility index (Phi) is 7.39. The van der Waals surface area contributed by atoms with Crippen LogP contribution in [0.5, 0.6) is 46.3 Å². The molecule has 7 aromatic rings. The maximum Gasteiger partial charge on any atom is 0.219 e. The van der Waals surface area contributed by atoms with Crippen molar-refractivity contribution >= 4 is 0 Å². The summed E-state index contributed by atoms with van der Waals surface area (Å²) >= 11 is 0. The molecule has 0 N–H and O–H groups in total. The summed E-state index contributed by atoms with van der Waals surface area (Å²) < 4.78 is 24.6. The van der Waals surface area contributed by atoms with Gasteiger partial charge in [0.25, 0.3) is 0 Å². The summed E-state index contributed by atoms with van der Waals surface area (Å²) in [6.07, 6.45) is 6.42. The summed E-state index contributed by atoms with van der Waals surface area (Å²) in [7, 11) is 0. The zero-order chi connectivity index (χ0) is 32.3. The molecule has 232 valence electrons. The van der Waals surface area contributed by atoms with Gasteiger partial charge >= 0.3 is 0 Å². The van der Waals surface area contributed by atoms with E-state index in [0.29, 0.717) is 52.1 Å². The molecule has 0 spiro atoms. The summed E-state index contributed by atoms with van der Waals surface area (Å²) in [5.41, 5.74) is 3.41. The van der Waals surface area contributed by atoms with E-state index in [2.05, 4.69) is 44.0 Å². The van der Waals surface area contributed by atoms with Gasteiger partial charge in [0.05, 0.1) is 5.41 Å². The van der Waals surface area contributed by atoms with Crippen LogP contribution in [0.3, 0.4) is 0 Å². The molecule has 9 heteroatoms. The Bertz CT molecular complexity index is 2080. The SMILES string of the molecule is CC1(c2ncncn2)c2cc(Oc3cccc(Oc4ccccn4)c3)ccc2-c2ccc(Oc3cccc(Oc4ccccn4)c3)cc21. The molecular weight excluding hydrogens is 602 g/mol. The van der Waals surface area contributed by atoms with Crippen LogP contribution in [-0.2, 0) is 5.41 Å². The number of benzene rings is 4. The lowest BCUT2D eigenvalue weighted by molar-refractivity contribution is 0.448. The summed E-state index contributed by atoms with van der Waals surface area (Å²) in [4.78, 5) is 21.8. The fourth-order valence-corrected chi connectivity index (χ4v) is 5.89. The van der Waals surface area contributed by atoms with E-state index in [9.17, 15) is 0 Å². The van der Waals surface area contributed by atoms with Gasteiger partial charge in [0.1, 0.15) is 53.0 Å². The predicted molar refractivity (Wildman–Crippen MR) is 179 cm³/mol. The van der Waals surface area contributed by atoms with Gasteiger partial charge in [-0.25, -0.2) is 24.9 Å². The van der Waals surface area contributed by atoms with Gasteiger partial charge in [-0.05, 0) is 89.8 Å². The summed E-state index contributed by atoms with van der Waals surface area (Å²) in [5, 5.41) is 0. The van der Waals surface area contributed by atoms with Crippen molar-refractivity contribution in [1.82, 2.24) is 24.9 Å². The second-order valence-electron chi connectivity index (χ2n) is 11.2. The Labute approximate surface area is 276 Å². The van der Waals surface area contributed by atoms with Crippen molar-refractivity contribution < 1.29 is 18.9 Å². The standard InChI is InChI=1S/C39H27N5O4/c1-39(38-43-24-40-25-44-38)34-22-30(45-26-8-6-10-28(20-26)47-36-12-2-4-18-41-36)14-16-32(34)33-17-15-31(23-35(33)39)46-27-9-7-11-29(21-27)48-37-13-3-5-19-42-37/h2-25H,1H3. The molecule has 1 aliphatic carbocycles. The van der Waals surface area contributed by atoms with E-state index >= 15 is 0 Å². The Balaban J connectivity index is 1.11. The van der Waals surface area contributed by atoms with E-state index in [1.54, 1.807) is 24.5 Å². The number of aromatic nitrogens is 5. The smallest absolute Gasteiger partial charge is 0.219 e. The largest absolute Gasteiger partial charge is 0.457 e. The third-order valence-corrected chi connectivity index (χ3v) is 8.09. The Morgan fingerprint density at radius 2 is 0.896 bits per heavy atom. The van der Waals surface area contributed by atoms with Crippen LogP contribution in [0, 0.1) is 0 Å². The van der Waals surface area contributed by atoms with Gasteiger partial charge in [-0.1, -0.05) is 36.4 Å². The molecule has 0 saturated carbocycles. The first kappa shape index (κ1) is 28.8. The molecule has 0 fully saturated rings. The molecular formula is C39H27N5O4. The minimum Gasteiger partial charge on any atom is -0.457 e. The van der Waals surface area contributed by atoms with Crippen LogP contribution in [0.1, 0.15) is 23.9 Å². The number of rotatable bonds is 9. The summed E-state index contributed by atoms with van der Waals surface area (Å²) in [5.74, 6) is 5.46. The Morgan fingerprint density at radius 3 is 1.35 bits per heavy atom. The fraction of sp³-hybridized carbons (Fsp3) is 0.0513. The second kappa shape index (κ2) is 12.3. The average molecular weight is 630 g/mol. The highest BCUT2D eigenvalue weighted by Gasteiger charge is 2.44. The molecule has 8 rings (SSSR count). The third-order valence-electron chi connectivity index (χ3n) is 8.09. The Hall–Kier alpha value is -6.61. The molecule has 1 aliphatic rings. The zero-order valence-corrected chi connectivity index (χ0v) is 25.7. The van der Waals surface area contributed by atoms with Crippen molar-refractivity contribution in [2.75, 3.05) is 0 Å². The van der Waals surface area contributed by atoms with Crippen molar-refractivity contribution in [3.05, 3.63) is 163 Å². The van der Waals surface area contributed by atoms with Gasteiger partial charge in [0, 0.05) is 36.7 Å². The molecule has 9 nitrogen and oxygen atoms in total. The molecule has 0 radical (unpaired) electrons. The average Bonchev–Trinajstić information content (AvgIpc) is 3.37. The van der Waals surface area contributed by atoms with Gasteiger partial charge in [-0.2, -0.15) is 0 Å². The van der Waals surface area contributed by atoms with Crippen LogP contribution < -0.4 is 18.9 Å². The first-order chi connectivity index (χ1) is 23.6. The summed E-state index contributed by atoms with van der Waals surface area (Å²) in [6.45, 7) is 2.11. The van der Waals surface area contributed by atoms with E-state index in [1.807, 2.05) is 97.1 Å². The van der Waals surface area contributed by atoms with E-state index < -0.39 is 5.41 Å². The number of nitrogens with zero attached hydrogens (tertiary/aromatic N) is 5. The van der Waals surface area contributed by atoms with Crippen LogP contribution in [0.4, 0.5) is 0 Å². The van der Waals surface area contributed by atoms with Crippen LogP contribution in [-0.4, -0.2) is 24.9 Å². The molecule has 48 heavy (non-hydrogen) atoms. The highest BCUT2D eigenvalue weighted by atomic mass is 16.5. The minimum absolute atomic E-state index is 0.506. The lowest BCUT2D eigenvalue weighted by Crippen LogP contribution is -2.25. The number of fused-ring (bicyclic) bond motifs is 3. The van der Waals surface area contributed by atoms with Gasteiger partial charge in [-0.3, -0.25) is 0 Å². The van der Waals surface area contributed by atoms with Crippen LogP contribution in [0.25, 0.3) is 11.1 Å². The topological polar surface area (TPSA) is 101 Å². The van der Waals surface area contributed by atoms with Crippen LogP contribution in [0.15, 0.2) is 146 Å². The number of pyridine rings is 2. The first-order valence-corrected chi connectivity index (χ1v) is 15.3. The van der Waals surface area contributed by atoms with E-state index in [0.717, 1.165) is 22.3 Å². The second-order valence-corrected chi connectivity index (χ2v) is 11.2. The number of ether oxygens (including phenoxy) is 4. The number of hydrogen-bond donors (Lipinski definition) is 0. The quantitative estimate of drug-likeness (QED) is 0.155. The van der Waals surface area contributed by atoms with Crippen molar-refractivity contribution in [2.45, 2.75) is 12.3 Å². The minimum atomic E-state index is -0.722. The van der Waals surface area contributed by atoms with Crippen LogP contribution >= 0.6 is 0 Å². The maximum atomic E-state index is 6.37. The van der Waals surface area contributed by atoms with Crippen molar-refractivity contribution in [3.8, 4) is 57.4 Å². The molecule has 0 atom stereocenters. The highest BCUT2D eigenvalue weighted by Crippen LogP contribution is 2.53. The van der Waals surface area contributed by atoms with E-state index in [-0.39, 0.29) is 0 Å². The maximum absolute atomic E-state index is 6.37. The van der Waals surface area contributed by atoms with Crippen molar-refractivity contribution in [3.63, 3.8) is 0 Å². The summed E-state index contributed by atoms with van der Waals surface area (Å²) in [6, 6.07) is 38.2. The molecule has 0 saturated heterocycles.